The Morgan fingerprint density at radius 3 is 2.76 bits per heavy atom. The van der Waals surface area contributed by atoms with Gasteiger partial charge < -0.3 is 15.0 Å². The fourth-order valence-corrected chi connectivity index (χ4v) is 4.34. The van der Waals surface area contributed by atoms with Crippen LogP contribution in [0.5, 0.6) is 0 Å². The quantitative estimate of drug-likeness (QED) is 0.626. The second-order valence-corrected chi connectivity index (χ2v) is 7.44. The van der Waals surface area contributed by atoms with Crippen LogP contribution in [0.15, 0.2) is 30.3 Å². The lowest BCUT2D eigenvalue weighted by atomic mass is 9.78. The second kappa shape index (κ2) is 9.18. The molecule has 25 heavy (non-hydrogen) atoms. The number of nitrogens with zero attached hydrogens (tertiary/aromatic N) is 1. The number of nitrogens with one attached hydrogen (secondary N) is 1. The summed E-state index contributed by atoms with van der Waals surface area (Å²) in [5.74, 6) is 1.03. The van der Waals surface area contributed by atoms with Gasteiger partial charge in [0.1, 0.15) is 0 Å². The van der Waals surface area contributed by atoms with Gasteiger partial charge in [-0.1, -0.05) is 31.0 Å². The van der Waals surface area contributed by atoms with Crippen LogP contribution in [0.1, 0.15) is 51.4 Å². The van der Waals surface area contributed by atoms with Crippen LogP contribution >= 0.6 is 12.2 Å². The van der Waals surface area contributed by atoms with Crippen LogP contribution in [0.25, 0.3) is 0 Å². The summed E-state index contributed by atoms with van der Waals surface area (Å²) in [5.41, 5.74) is 0.917. The zero-order valence-electron chi connectivity index (χ0n) is 14.8. The number of fused-ring (bicyclic) bond motifs is 1. The molecule has 1 aliphatic heterocycles. The van der Waals surface area contributed by atoms with Gasteiger partial charge >= 0.3 is 0 Å². The number of carbonyl (C=O) groups is 1. The molecule has 1 aromatic carbocycles. The van der Waals surface area contributed by atoms with Gasteiger partial charge in [0.25, 0.3) is 5.17 Å². The number of ether oxygens (including phenoxy) is 1. The zero-order valence-corrected chi connectivity index (χ0v) is 15.6. The number of para-hydroxylation sites is 1. The topological polar surface area (TPSA) is 41.6 Å². The van der Waals surface area contributed by atoms with E-state index in [1.54, 1.807) is 0 Å². The molecule has 1 unspecified atom stereocenters. The third kappa shape index (κ3) is 5.18. The summed E-state index contributed by atoms with van der Waals surface area (Å²) in [6.45, 7) is 1.42. The Kier molecular flexibility index (Phi) is 6.68. The van der Waals surface area contributed by atoms with Gasteiger partial charge in [0.15, 0.2) is 0 Å². The Bertz CT molecular complexity index is 576. The van der Waals surface area contributed by atoms with E-state index in [0.717, 1.165) is 24.6 Å². The minimum absolute atomic E-state index is 0.294. The fourth-order valence-electron chi connectivity index (χ4n) is 4.14. The van der Waals surface area contributed by atoms with Crippen molar-refractivity contribution in [2.24, 2.45) is 5.92 Å². The molecule has 0 spiro atoms. The van der Waals surface area contributed by atoms with Crippen LogP contribution in [0.3, 0.4) is 0 Å². The molecule has 1 heterocycles. The van der Waals surface area contributed by atoms with Crippen LogP contribution in [-0.2, 0) is 9.53 Å². The standard InChI is InChI=1S/C20H28N2O2S/c23-19(22-14-6-9-16-8-4-5-12-18(16)22)13-7-15-24-20(25)21-17-10-2-1-3-11-17/h1-3,10-11,16,18H,4-9,12-15H2,(H,21,25)/t16?,18-/m0/s1. The minimum Gasteiger partial charge on any atom is -0.471 e. The van der Waals surface area contributed by atoms with Crippen molar-refractivity contribution in [3.05, 3.63) is 30.3 Å². The molecule has 4 nitrogen and oxygen atoms in total. The Hall–Kier alpha value is -1.62. The van der Waals surface area contributed by atoms with E-state index in [9.17, 15) is 4.79 Å². The Labute approximate surface area is 155 Å². The lowest BCUT2D eigenvalue weighted by Gasteiger charge is -2.44. The highest BCUT2D eigenvalue weighted by Crippen LogP contribution is 2.35. The van der Waals surface area contributed by atoms with Crippen LogP contribution in [-0.4, -0.2) is 35.2 Å². The van der Waals surface area contributed by atoms with Crippen LogP contribution in [0.2, 0.25) is 0 Å². The summed E-state index contributed by atoms with van der Waals surface area (Å²) in [6, 6.07) is 10.2. The molecule has 1 saturated heterocycles. The molecule has 1 aromatic rings. The summed E-state index contributed by atoms with van der Waals surface area (Å²) >= 11 is 5.19. The SMILES string of the molecule is O=C(CCCOC(=S)Nc1ccccc1)N1CCCC2CCCC[C@@H]21. The maximum absolute atomic E-state index is 12.6. The number of carbonyl (C=O) groups excluding carboxylic acids is 1. The Morgan fingerprint density at radius 1 is 1.16 bits per heavy atom. The lowest BCUT2D eigenvalue weighted by Crippen LogP contribution is -2.49. The number of rotatable bonds is 5. The molecular weight excluding hydrogens is 332 g/mol. The Morgan fingerprint density at radius 2 is 1.92 bits per heavy atom. The molecule has 1 aliphatic carbocycles. The van der Waals surface area contributed by atoms with Gasteiger partial charge in [0.05, 0.1) is 6.61 Å². The highest BCUT2D eigenvalue weighted by Gasteiger charge is 2.35. The number of likely N-dealkylation sites (tertiary alicyclic amines) is 1. The maximum atomic E-state index is 12.6. The molecule has 2 fully saturated rings. The van der Waals surface area contributed by atoms with E-state index in [2.05, 4.69) is 10.2 Å². The number of thiocarbonyl (C=S) groups is 1. The summed E-state index contributed by atoms with van der Waals surface area (Å²) < 4.78 is 5.54. The Balaban J connectivity index is 1.37. The van der Waals surface area contributed by atoms with E-state index in [1.165, 1.54) is 32.1 Å². The van der Waals surface area contributed by atoms with E-state index in [0.29, 0.717) is 36.6 Å². The van der Waals surface area contributed by atoms with E-state index in [4.69, 9.17) is 17.0 Å². The molecule has 1 N–H and O–H groups in total. The summed E-state index contributed by atoms with van der Waals surface area (Å²) in [4.78, 5) is 14.8. The van der Waals surface area contributed by atoms with Crippen molar-refractivity contribution in [1.82, 2.24) is 4.90 Å². The second-order valence-electron chi connectivity index (χ2n) is 7.07. The van der Waals surface area contributed by atoms with Crippen molar-refractivity contribution in [1.29, 1.82) is 0 Å². The first-order valence-corrected chi connectivity index (χ1v) is 9.93. The van der Waals surface area contributed by atoms with E-state index in [1.807, 2.05) is 30.3 Å². The van der Waals surface area contributed by atoms with Gasteiger partial charge in [0.2, 0.25) is 5.91 Å². The molecular formula is C20H28N2O2S. The minimum atomic E-state index is 0.294. The molecule has 2 atom stereocenters. The summed E-state index contributed by atoms with van der Waals surface area (Å²) in [7, 11) is 0. The van der Waals surface area contributed by atoms with Crippen molar-refractivity contribution >= 4 is 29.0 Å². The van der Waals surface area contributed by atoms with Gasteiger partial charge in [-0.15, -0.1) is 0 Å². The van der Waals surface area contributed by atoms with Gasteiger partial charge in [-0.25, -0.2) is 0 Å². The molecule has 3 rings (SSSR count). The first-order chi connectivity index (χ1) is 12.2. The normalized spacial score (nSPS) is 22.8. The van der Waals surface area contributed by atoms with E-state index < -0.39 is 0 Å². The highest BCUT2D eigenvalue weighted by molar-refractivity contribution is 7.80. The van der Waals surface area contributed by atoms with Crippen molar-refractivity contribution in [3.8, 4) is 0 Å². The fraction of sp³-hybridized carbons (Fsp3) is 0.600. The van der Waals surface area contributed by atoms with Crippen molar-refractivity contribution in [2.75, 3.05) is 18.5 Å². The van der Waals surface area contributed by atoms with Gasteiger partial charge in [0, 0.05) is 24.7 Å². The van der Waals surface area contributed by atoms with Crippen LogP contribution in [0.4, 0.5) is 5.69 Å². The third-order valence-electron chi connectivity index (χ3n) is 5.35. The largest absolute Gasteiger partial charge is 0.471 e. The molecule has 0 aromatic heterocycles. The van der Waals surface area contributed by atoms with E-state index >= 15 is 0 Å². The number of amides is 1. The third-order valence-corrected chi connectivity index (χ3v) is 5.57. The monoisotopic (exact) mass is 360 g/mol. The number of benzene rings is 1. The van der Waals surface area contributed by atoms with Gasteiger partial charge in [-0.3, -0.25) is 4.79 Å². The number of hydrogen-bond acceptors (Lipinski definition) is 3. The molecule has 0 radical (unpaired) electrons. The maximum Gasteiger partial charge on any atom is 0.261 e. The molecule has 1 saturated carbocycles. The first-order valence-electron chi connectivity index (χ1n) is 9.52. The van der Waals surface area contributed by atoms with Crippen molar-refractivity contribution in [2.45, 2.75) is 57.4 Å². The number of anilines is 1. The van der Waals surface area contributed by atoms with Gasteiger partial charge in [-0.05, 0) is 62.4 Å². The molecule has 2 aliphatic rings. The van der Waals surface area contributed by atoms with Crippen molar-refractivity contribution in [3.63, 3.8) is 0 Å². The predicted molar refractivity (Wildman–Crippen MR) is 105 cm³/mol. The average Bonchev–Trinajstić information content (AvgIpc) is 2.65. The van der Waals surface area contributed by atoms with Gasteiger partial charge in [-0.2, -0.15) is 0 Å². The molecule has 136 valence electrons. The summed E-state index contributed by atoms with van der Waals surface area (Å²) in [5, 5.41) is 3.41. The van der Waals surface area contributed by atoms with E-state index in [-0.39, 0.29) is 0 Å². The lowest BCUT2D eigenvalue weighted by molar-refractivity contribution is -0.137. The van der Waals surface area contributed by atoms with Crippen LogP contribution in [0, 0.1) is 5.92 Å². The average molecular weight is 361 g/mol. The molecule has 1 amide bonds. The van der Waals surface area contributed by atoms with Crippen LogP contribution < -0.4 is 5.32 Å². The highest BCUT2D eigenvalue weighted by atomic mass is 32.1. The smallest absolute Gasteiger partial charge is 0.261 e. The van der Waals surface area contributed by atoms with Crippen molar-refractivity contribution < 1.29 is 9.53 Å². The number of hydrogen-bond donors (Lipinski definition) is 1. The molecule has 0 bridgehead atoms. The molecule has 5 heteroatoms. The number of piperidine rings is 1. The zero-order chi connectivity index (χ0) is 17.5. The first kappa shape index (κ1) is 18.2. The predicted octanol–water partition coefficient (Wildman–Crippen LogP) is 4.36. The summed E-state index contributed by atoms with van der Waals surface area (Å²) in [6.07, 6.45) is 8.83.